The Labute approximate surface area is 225 Å². The zero-order valence-electron chi connectivity index (χ0n) is 21.4. The number of hydrogen-bond acceptors (Lipinski definition) is 6. The molecule has 0 atom stereocenters. The highest BCUT2D eigenvalue weighted by molar-refractivity contribution is 5.85. The van der Waals surface area contributed by atoms with Gasteiger partial charge in [-0.15, -0.1) is 12.4 Å². The van der Waals surface area contributed by atoms with Crippen LogP contribution >= 0.6 is 12.4 Å². The van der Waals surface area contributed by atoms with Crippen molar-refractivity contribution in [2.24, 2.45) is 5.73 Å². The summed E-state index contributed by atoms with van der Waals surface area (Å²) in [5.74, 6) is 1.05. The average molecular weight is 521 g/mol. The van der Waals surface area contributed by atoms with Crippen molar-refractivity contribution in [3.8, 4) is 5.75 Å². The Morgan fingerprint density at radius 3 is 2.49 bits per heavy atom. The molecular formula is C29H37ClN6O. The molecule has 0 radical (unpaired) electrons. The molecule has 8 heteroatoms. The Hall–Kier alpha value is -3.13. The van der Waals surface area contributed by atoms with E-state index in [1.165, 1.54) is 11.1 Å². The van der Waals surface area contributed by atoms with Gasteiger partial charge in [0.05, 0.1) is 17.6 Å². The lowest BCUT2D eigenvalue weighted by molar-refractivity contribution is 0.224. The predicted octanol–water partition coefficient (Wildman–Crippen LogP) is 4.54. The molecule has 5 rings (SSSR count). The van der Waals surface area contributed by atoms with Gasteiger partial charge in [-0.25, -0.2) is 4.98 Å². The maximum atomic E-state index is 10.5. The summed E-state index contributed by atoms with van der Waals surface area (Å²) >= 11 is 0. The maximum absolute atomic E-state index is 10.5. The summed E-state index contributed by atoms with van der Waals surface area (Å²) in [6.45, 7) is 6.14. The van der Waals surface area contributed by atoms with E-state index >= 15 is 0 Å². The number of likely N-dealkylation sites (tertiary alicyclic amines) is 1. The number of nitrogens with one attached hydrogen (secondary N) is 1. The zero-order valence-corrected chi connectivity index (χ0v) is 22.3. The summed E-state index contributed by atoms with van der Waals surface area (Å²) < 4.78 is 2.18. The van der Waals surface area contributed by atoms with E-state index < -0.39 is 0 Å². The number of pyridine rings is 1. The fourth-order valence-electron chi connectivity index (χ4n) is 5.06. The van der Waals surface area contributed by atoms with Gasteiger partial charge in [-0.2, -0.15) is 0 Å². The van der Waals surface area contributed by atoms with Gasteiger partial charge < -0.3 is 25.6 Å². The van der Waals surface area contributed by atoms with Crippen molar-refractivity contribution >= 4 is 29.4 Å². The summed E-state index contributed by atoms with van der Waals surface area (Å²) in [5, 5.41) is 14.2. The topological polar surface area (TPSA) is 92.2 Å². The smallest absolute Gasteiger partial charge is 0.204 e. The number of imidazole rings is 1. The minimum atomic E-state index is 0. The second kappa shape index (κ2) is 12.4. The first kappa shape index (κ1) is 26.9. The van der Waals surface area contributed by atoms with Gasteiger partial charge in [0, 0.05) is 37.9 Å². The number of anilines is 1. The first-order valence-corrected chi connectivity index (χ1v) is 13.0. The van der Waals surface area contributed by atoms with E-state index in [9.17, 15) is 5.11 Å². The van der Waals surface area contributed by atoms with E-state index in [0.717, 1.165) is 68.0 Å². The minimum absolute atomic E-state index is 0. The summed E-state index contributed by atoms with van der Waals surface area (Å²) in [6, 6.07) is 21.0. The van der Waals surface area contributed by atoms with Gasteiger partial charge in [-0.1, -0.05) is 36.4 Å². The molecule has 1 aliphatic heterocycles. The monoisotopic (exact) mass is 520 g/mol. The van der Waals surface area contributed by atoms with Crippen molar-refractivity contribution < 1.29 is 5.11 Å². The van der Waals surface area contributed by atoms with Crippen LogP contribution in [0.1, 0.15) is 35.4 Å². The van der Waals surface area contributed by atoms with Crippen LogP contribution in [0.5, 0.6) is 5.75 Å². The third-order valence-corrected chi connectivity index (χ3v) is 7.12. The molecule has 196 valence electrons. The Morgan fingerprint density at radius 1 is 0.973 bits per heavy atom. The fourth-order valence-corrected chi connectivity index (χ4v) is 5.06. The largest absolute Gasteiger partial charge is 0.506 e. The summed E-state index contributed by atoms with van der Waals surface area (Å²) in [4.78, 5) is 12.0. The number of nitrogens with two attached hydrogens (primary N) is 1. The number of aromatic hydroxyl groups is 1. The number of hydrogen-bond donors (Lipinski definition) is 3. The highest BCUT2D eigenvalue weighted by Gasteiger charge is 2.22. The third-order valence-electron chi connectivity index (χ3n) is 7.12. The first-order valence-electron chi connectivity index (χ1n) is 13.0. The number of piperidine rings is 1. The molecule has 2 aromatic carbocycles. The second-order valence-corrected chi connectivity index (χ2v) is 9.80. The molecule has 3 heterocycles. The molecule has 0 saturated carbocycles. The lowest BCUT2D eigenvalue weighted by Gasteiger charge is -2.32. The average Bonchev–Trinajstić information content (AvgIpc) is 3.23. The van der Waals surface area contributed by atoms with Gasteiger partial charge in [-0.3, -0.25) is 4.98 Å². The molecule has 0 bridgehead atoms. The van der Waals surface area contributed by atoms with Crippen molar-refractivity contribution in [1.82, 2.24) is 19.4 Å². The van der Waals surface area contributed by atoms with Crippen LogP contribution in [0.25, 0.3) is 11.0 Å². The van der Waals surface area contributed by atoms with Crippen LogP contribution in [0.3, 0.4) is 0 Å². The minimum Gasteiger partial charge on any atom is -0.506 e. The van der Waals surface area contributed by atoms with E-state index in [0.29, 0.717) is 24.8 Å². The number of aromatic nitrogens is 3. The van der Waals surface area contributed by atoms with Gasteiger partial charge in [0.15, 0.2) is 0 Å². The molecule has 0 amide bonds. The molecule has 1 aliphatic rings. The molecule has 2 aromatic heterocycles. The Morgan fingerprint density at radius 2 is 1.73 bits per heavy atom. The van der Waals surface area contributed by atoms with E-state index in [2.05, 4.69) is 68.3 Å². The highest BCUT2D eigenvalue weighted by atomic mass is 35.5. The van der Waals surface area contributed by atoms with E-state index in [1.54, 1.807) is 6.07 Å². The van der Waals surface area contributed by atoms with E-state index in [4.69, 9.17) is 10.7 Å². The normalized spacial score (nSPS) is 14.5. The SMILES string of the molecule is Cc1ccc(O)c(Cn2c(NC3CCN(CCN)CC3)nc3ccc(CCc4ccccc4)cc32)n1.Cl. The van der Waals surface area contributed by atoms with Crippen molar-refractivity contribution in [3.63, 3.8) is 0 Å². The van der Waals surface area contributed by atoms with Gasteiger partial charge in [-0.05, 0) is 68.0 Å². The van der Waals surface area contributed by atoms with Crippen LogP contribution in [-0.4, -0.2) is 56.8 Å². The van der Waals surface area contributed by atoms with E-state index in [1.807, 2.05) is 13.0 Å². The van der Waals surface area contributed by atoms with E-state index in [-0.39, 0.29) is 18.2 Å². The number of fused-ring (bicyclic) bond motifs is 1. The fraction of sp³-hybridized carbons (Fsp3) is 0.379. The molecule has 0 unspecified atom stereocenters. The van der Waals surface area contributed by atoms with Crippen LogP contribution in [0.2, 0.25) is 0 Å². The molecule has 1 fully saturated rings. The molecule has 0 spiro atoms. The Bertz CT molecular complexity index is 1300. The number of aryl methyl sites for hydroxylation is 3. The number of nitrogens with zero attached hydrogens (tertiary/aromatic N) is 4. The molecule has 1 saturated heterocycles. The Kier molecular flexibility index (Phi) is 9.03. The molecule has 0 aliphatic carbocycles. The van der Waals surface area contributed by atoms with Crippen LogP contribution in [0, 0.1) is 6.92 Å². The summed E-state index contributed by atoms with van der Waals surface area (Å²) in [6.07, 6.45) is 4.06. The second-order valence-electron chi connectivity index (χ2n) is 9.80. The number of rotatable bonds is 9. The maximum Gasteiger partial charge on any atom is 0.204 e. The predicted molar refractivity (Wildman–Crippen MR) is 153 cm³/mol. The van der Waals surface area contributed by atoms with Crippen LogP contribution < -0.4 is 11.1 Å². The molecule has 4 N–H and O–H groups in total. The van der Waals surface area contributed by atoms with Crippen molar-refractivity contribution in [3.05, 3.63) is 83.2 Å². The lowest BCUT2D eigenvalue weighted by atomic mass is 10.0. The van der Waals surface area contributed by atoms with Crippen molar-refractivity contribution in [2.45, 2.75) is 45.2 Å². The standard InChI is InChI=1S/C29H36N6O.ClH/c1-21-7-12-28(36)26(31-21)20-35-27-19-23(9-8-22-5-3-2-4-6-22)10-11-25(27)33-29(35)32-24-13-16-34(17-14-24)18-15-30;/h2-7,10-12,19,24,36H,8-9,13-18,20,30H2,1H3,(H,32,33);1H. The lowest BCUT2D eigenvalue weighted by Crippen LogP contribution is -2.41. The van der Waals surface area contributed by atoms with Gasteiger partial charge in [0.25, 0.3) is 0 Å². The summed E-state index contributed by atoms with van der Waals surface area (Å²) in [5.41, 5.74) is 11.9. The van der Waals surface area contributed by atoms with Crippen molar-refractivity contribution in [1.29, 1.82) is 0 Å². The number of benzene rings is 2. The molecular weight excluding hydrogens is 484 g/mol. The van der Waals surface area contributed by atoms with Crippen LogP contribution in [-0.2, 0) is 19.4 Å². The molecule has 7 nitrogen and oxygen atoms in total. The van der Waals surface area contributed by atoms with Gasteiger partial charge in [0.2, 0.25) is 5.95 Å². The quantitative estimate of drug-likeness (QED) is 0.300. The van der Waals surface area contributed by atoms with Crippen LogP contribution in [0.15, 0.2) is 60.7 Å². The van der Waals surface area contributed by atoms with Gasteiger partial charge >= 0.3 is 0 Å². The first-order chi connectivity index (χ1) is 17.6. The Balaban J connectivity index is 0.00000320. The third kappa shape index (κ3) is 6.60. The van der Waals surface area contributed by atoms with Gasteiger partial charge in [0.1, 0.15) is 11.4 Å². The zero-order chi connectivity index (χ0) is 24.9. The molecule has 37 heavy (non-hydrogen) atoms. The molecule has 4 aromatic rings. The summed E-state index contributed by atoms with van der Waals surface area (Å²) in [7, 11) is 0. The number of halogens is 1. The van der Waals surface area contributed by atoms with Crippen molar-refractivity contribution in [2.75, 3.05) is 31.5 Å². The van der Waals surface area contributed by atoms with Crippen LogP contribution in [0.4, 0.5) is 5.95 Å². The highest BCUT2D eigenvalue weighted by Crippen LogP contribution is 2.27.